The molecule has 4 heterocycles. The lowest BCUT2D eigenvalue weighted by atomic mass is 9.97. The van der Waals surface area contributed by atoms with Gasteiger partial charge in [0.15, 0.2) is 0 Å². The maximum Gasteiger partial charge on any atom is 0.263 e. The van der Waals surface area contributed by atoms with E-state index < -0.39 is 0 Å². The van der Waals surface area contributed by atoms with E-state index >= 15 is 0 Å². The van der Waals surface area contributed by atoms with E-state index in [0.29, 0.717) is 0 Å². The van der Waals surface area contributed by atoms with Crippen molar-refractivity contribution < 1.29 is 0 Å². The molecule has 9 aromatic carbocycles. The third kappa shape index (κ3) is 4.66. The van der Waals surface area contributed by atoms with E-state index in [-0.39, 0.29) is 5.56 Å². The molecule has 0 aliphatic carbocycles. The molecule has 4 heteroatoms. The van der Waals surface area contributed by atoms with Crippen LogP contribution in [-0.2, 0) is 0 Å². The summed E-state index contributed by atoms with van der Waals surface area (Å²) in [4.78, 5) is 14.2. The average molecular weight is 769 g/mol. The van der Waals surface area contributed by atoms with Gasteiger partial charge in [-0.25, -0.2) is 0 Å². The molecule has 274 valence electrons. The first-order valence-corrected chi connectivity index (χ1v) is 20.9. The first-order chi connectivity index (χ1) is 29.2. The Morgan fingerprint density at radius 1 is 0.356 bits per heavy atom. The highest BCUT2D eigenvalue weighted by Crippen LogP contribution is 2.43. The summed E-state index contributed by atoms with van der Waals surface area (Å²) in [5.74, 6) is 0. The van der Waals surface area contributed by atoms with Crippen molar-refractivity contribution in [3.8, 4) is 39.1 Å². The molecule has 0 amide bonds. The minimum atomic E-state index is 0.0214. The van der Waals surface area contributed by atoms with E-state index in [2.05, 4.69) is 180 Å². The minimum Gasteiger partial charge on any atom is -0.309 e. The van der Waals surface area contributed by atoms with Gasteiger partial charge in [0.05, 0.1) is 22.1 Å². The van der Waals surface area contributed by atoms with Crippen LogP contribution in [0.25, 0.3) is 119 Å². The van der Waals surface area contributed by atoms with E-state index in [1.54, 1.807) is 0 Å². The minimum absolute atomic E-state index is 0.0214. The second-order valence-corrected chi connectivity index (χ2v) is 16.7. The second kappa shape index (κ2) is 12.2. The predicted octanol–water partition coefficient (Wildman–Crippen LogP) is 14.7. The molecule has 3 nitrogen and oxygen atoms in total. The molecule has 0 atom stereocenters. The number of rotatable bonds is 4. The Kier molecular flexibility index (Phi) is 6.75. The van der Waals surface area contributed by atoms with Crippen LogP contribution in [0.2, 0.25) is 0 Å². The summed E-state index contributed by atoms with van der Waals surface area (Å²) < 4.78 is 6.97. The zero-order valence-corrected chi connectivity index (χ0v) is 32.5. The Morgan fingerprint density at radius 2 is 0.932 bits per heavy atom. The molecule has 59 heavy (non-hydrogen) atoms. The predicted molar refractivity (Wildman–Crippen MR) is 251 cm³/mol. The quantitative estimate of drug-likeness (QED) is 0.164. The Bertz CT molecular complexity index is 3910. The Balaban J connectivity index is 0.953. The van der Waals surface area contributed by atoms with Crippen molar-refractivity contribution in [2.24, 2.45) is 0 Å². The molecule has 0 N–H and O–H groups in total. The van der Waals surface area contributed by atoms with Crippen LogP contribution in [0.3, 0.4) is 0 Å². The van der Waals surface area contributed by atoms with Gasteiger partial charge in [-0.05, 0) is 105 Å². The van der Waals surface area contributed by atoms with E-state index in [0.717, 1.165) is 65.9 Å². The molecule has 13 aromatic rings. The number of para-hydroxylation sites is 1. The van der Waals surface area contributed by atoms with Crippen molar-refractivity contribution in [3.63, 3.8) is 0 Å². The summed E-state index contributed by atoms with van der Waals surface area (Å²) in [6, 6.07) is 69.6. The molecule has 0 aliphatic heterocycles. The third-order valence-electron chi connectivity index (χ3n) is 12.5. The normalized spacial score (nSPS) is 12.1. The van der Waals surface area contributed by atoms with E-state index in [9.17, 15) is 4.79 Å². The van der Waals surface area contributed by atoms with Gasteiger partial charge in [0.1, 0.15) is 0 Å². The monoisotopic (exact) mass is 768 g/mol. The fraction of sp³-hybridized carbons (Fsp3) is 0. The fourth-order valence-corrected chi connectivity index (χ4v) is 11.0. The molecular formula is C55H32N2OS. The van der Waals surface area contributed by atoms with E-state index in [1.165, 1.54) is 53.1 Å². The zero-order valence-electron chi connectivity index (χ0n) is 31.7. The van der Waals surface area contributed by atoms with Crippen LogP contribution in [0, 0.1) is 0 Å². The Labute approximate surface area is 342 Å². The number of fused-ring (bicyclic) bond motifs is 11. The smallest absolute Gasteiger partial charge is 0.263 e. The number of hydrogen-bond donors (Lipinski definition) is 0. The van der Waals surface area contributed by atoms with Gasteiger partial charge in [0, 0.05) is 58.2 Å². The van der Waals surface area contributed by atoms with Crippen molar-refractivity contribution in [2.75, 3.05) is 0 Å². The van der Waals surface area contributed by atoms with Gasteiger partial charge >= 0.3 is 0 Å². The highest BCUT2D eigenvalue weighted by Gasteiger charge is 2.20. The van der Waals surface area contributed by atoms with Crippen molar-refractivity contribution in [3.05, 3.63) is 204 Å². The summed E-state index contributed by atoms with van der Waals surface area (Å²) >= 11 is 1.88. The van der Waals surface area contributed by atoms with Gasteiger partial charge in [0.25, 0.3) is 5.56 Å². The number of benzene rings is 9. The van der Waals surface area contributed by atoms with Crippen molar-refractivity contribution in [1.82, 2.24) is 8.97 Å². The largest absolute Gasteiger partial charge is 0.309 e. The van der Waals surface area contributed by atoms with Crippen LogP contribution in [0.15, 0.2) is 199 Å². The summed E-state index contributed by atoms with van der Waals surface area (Å²) in [6.07, 6.45) is 0. The highest BCUT2D eigenvalue weighted by atomic mass is 32.1. The van der Waals surface area contributed by atoms with Crippen molar-refractivity contribution in [2.45, 2.75) is 0 Å². The third-order valence-corrected chi connectivity index (χ3v) is 13.7. The molecular weight excluding hydrogens is 737 g/mol. The van der Waals surface area contributed by atoms with Crippen LogP contribution in [0.4, 0.5) is 0 Å². The second-order valence-electron chi connectivity index (χ2n) is 15.6. The number of aromatic nitrogens is 2. The fourth-order valence-electron chi connectivity index (χ4n) is 9.76. The number of pyridine rings is 1. The molecule has 0 saturated heterocycles. The summed E-state index contributed by atoms with van der Waals surface area (Å²) in [6.45, 7) is 0. The summed E-state index contributed by atoms with van der Waals surface area (Å²) in [5.41, 5.74) is 12.4. The standard InChI is InChI=1S/C55H32N2OS/c58-55-44-16-5-4-13-40(44)47-31-37(33-11-2-1-3-12-33)32-48-46-29-35(23-27-51(46)57(55)53(47)48)34-21-25-38(26-22-34)56-49-19-8-6-14-41(49)45-30-36(24-28-50(45)56)39-17-10-18-43-42-15-7-9-20-52(42)59-54(39)43/h1-32H. The van der Waals surface area contributed by atoms with Crippen LogP contribution < -0.4 is 5.56 Å². The molecule has 0 fully saturated rings. The number of hydrogen-bond acceptors (Lipinski definition) is 2. The highest BCUT2D eigenvalue weighted by molar-refractivity contribution is 7.26. The van der Waals surface area contributed by atoms with Crippen molar-refractivity contribution in [1.29, 1.82) is 0 Å². The lowest BCUT2D eigenvalue weighted by Gasteiger charge is -2.10. The Morgan fingerprint density at radius 3 is 1.78 bits per heavy atom. The molecule has 0 aliphatic rings. The molecule has 0 radical (unpaired) electrons. The van der Waals surface area contributed by atoms with E-state index in [4.69, 9.17) is 0 Å². The maximum absolute atomic E-state index is 14.2. The number of nitrogens with zero attached hydrogens (tertiary/aromatic N) is 2. The summed E-state index contributed by atoms with van der Waals surface area (Å²) in [5, 5.41) is 10.1. The molecule has 0 saturated carbocycles. The molecule has 4 aromatic heterocycles. The van der Waals surface area contributed by atoms with Gasteiger partial charge in [-0.15, -0.1) is 11.3 Å². The lowest BCUT2D eigenvalue weighted by molar-refractivity contribution is 1.18. The van der Waals surface area contributed by atoms with Crippen LogP contribution in [-0.4, -0.2) is 8.97 Å². The maximum atomic E-state index is 14.2. The summed E-state index contributed by atoms with van der Waals surface area (Å²) in [7, 11) is 0. The van der Waals surface area contributed by atoms with Gasteiger partial charge in [-0.1, -0.05) is 127 Å². The van der Waals surface area contributed by atoms with E-state index in [1.807, 2.05) is 33.9 Å². The van der Waals surface area contributed by atoms with Crippen LogP contribution in [0.1, 0.15) is 0 Å². The van der Waals surface area contributed by atoms with Crippen molar-refractivity contribution >= 4 is 91.3 Å². The zero-order chi connectivity index (χ0) is 38.8. The topological polar surface area (TPSA) is 26.4 Å². The van der Waals surface area contributed by atoms with Gasteiger partial charge in [-0.3, -0.25) is 9.20 Å². The van der Waals surface area contributed by atoms with Crippen LogP contribution in [0.5, 0.6) is 0 Å². The van der Waals surface area contributed by atoms with Crippen LogP contribution >= 0.6 is 11.3 Å². The first kappa shape index (κ1) is 32.5. The first-order valence-electron chi connectivity index (χ1n) is 20.0. The van der Waals surface area contributed by atoms with Gasteiger partial charge < -0.3 is 4.57 Å². The molecule has 0 spiro atoms. The molecule has 0 unspecified atom stereocenters. The molecule has 13 rings (SSSR count). The van der Waals surface area contributed by atoms with Gasteiger partial charge in [-0.2, -0.15) is 0 Å². The SMILES string of the molecule is O=c1c2ccccc2c2cc(-c3ccccc3)cc3c4cc(-c5ccc(-n6c7ccccc7c7cc(-c8cccc9c8sc8ccccc89)ccc76)cc5)ccc4n1c23. The van der Waals surface area contributed by atoms with Gasteiger partial charge in [0.2, 0.25) is 0 Å². The lowest BCUT2D eigenvalue weighted by Crippen LogP contribution is -2.12. The molecule has 0 bridgehead atoms. The Hall–Kier alpha value is -7.53. The number of thiophene rings is 1. The average Bonchev–Trinajstić information content (AvgIpc) is 3.96.